The van der Waals surface area contributed by atoms with Gasteiger partial charge in [-0.3, -0.25) is 14.4 Å². The molecule has 2 heterocycles. The monoisotopic (exact) mass is 623 g/mol. The Bertz CT molecular complexity index is 1710. The van der Waals surface area contributed by atoms with Crippen molar-refractivity contribution in [3.05, 3.63) is 92.3 Å². The Morgan fingerprint density at radius 3 is 2.44 bits per heavy atom. The molecule has 0 fully saturated rings. The third-order valence-corrected chi connectivity index (χ3v) is 7.53. The zero-order chi connectivity index (χ0) is 31.1. The van der Waals surface area contributed by atoms with Gasteiger partial charge < -0.3 is 20.5 Å². The number of anilines is 1. The number of ketones is 1. The average Bonchev–Trinajstić information content (AvgIpc) is 3.00. The van der Waals surface area contributed by atoms with Crippen LogP contribution in [0.4, 0.5) is 5.69 Å². The van der Waals surface area contributed by atoms with Crippen molar-refractivity contribution in [2.75, 3.05) is 19.0 Å². The highest BCUT2D eigenvalue weighted by molar-refractivity contribution is 6.39. The normalized spacial score (nSPS) is 11.7. The van der Waals surface area contributed by atoms with Gasteiger partial charge in [0.25, 0.3) is 11.5 Å². The number of benzene rings is 2. The number of amides is 1. The minimum Gasteiger partial charge on any atom is -0.481 e. The van der Waals surface area contributed by atoms with E-state index in [-0.39, 0.29) is 22.9 Å². The van der Waals surface area contributed by atoms with Gasteiger partial charge in [-0.25, -0.2) is 9.67 Å². The lowest BCUT2D eigenvalue weighted by Crippen LogP contribution is -2.32. The molecule has 0 aliphatic rings. The van der Waals surface area contributed by atoms with E-state index in [1.165, 1.54) is 26.4 Å². The second-order valence-electron chi connectivity index (χ2n) is 9.69. The fourth-order valence-corrected chi connectivity index (χ4v) is 5.04. The number of hydrogen-bond acceptors (Lipinski definition) is 8. The summed E-state index contributed by atoms with van der Waals surface area (Å²) in [7, 11) is 2.97. The SMILES string of the molecule is CCCC(=O)[C@@H](O)CNCc1ccc(-c2cccc(-c3cccc(NC(=O)c4ccnn(C)c4=O)c3Cl)c2Cl)nc1OC. The maximum Gasteiger partial charge on any atom is 0.279 e. The summed E-state index contributed by atoms with van der Waals surface area (Å²) in [5.41, 5.74) is 2.80. The summed E-state index contributed by atoms with van der Waals surface area (Å²) in [6.07, 6.45) is 1.31. The zero-order valence-electron chi connectivity index (χ0n) is 23.9. The summed E-state index contributed by atoms with van der Waals surface area (Å²) in [6.45, 7) is 2.34. The Morgan fingerprint density at radius 1 is 1.02 bits per heavy atom. The van der Waals surface area contributed by atoms with E-state index in [4.69, 9.17) is 27.9 Å². The highest BCUT2D eigenvalue weighted by atomic mass is 35.5. The number of nitrogens with zero attached hydrogens (tertiary/aromatic N) is 3. The van der Waals surface area contributed by atoms with Gasteiger partial charge in [0.1, 0.15) is 11.7 Å². The predicted octanol–water partition coefficient (Wildman–Crippen LogP) is 4.90. The molecular formula is C31H31Cl2N5O5. The van der Waals surface area contributed by atoms with Crippen molar-refractivity contribution in [2.24, 2.45) is 7.05 Å². The number of carbonyl (C=O) groups is 2. The van der Waals surface area contributed by atoms with Crippen LogP contribution in [0.25, 0.3) is 22.4 Å². The molecule has 0 bridgehead atoms. The van der Waals surface area contributed by atoms with E-state index < -0.39 is 17.6 Å². The fourth-order valence-electron chi connectivity index (χ4n) is 4.44. The molecule has 2 aromatic heterocycles. The van der Waals surface area contributed by atoms with Gasteiger partial charge in [0, 0.05) is 55.0 Å². The molecule has 4 aromatic rings. The number of nitrogens with one attached hydrogen (secondary N) is 2. The highest BCUT2D eigenvalue weighted by Gasteiger charge is 2.19. The topological polar surface area (TPSA) is 135 Å². The first-order valence-electron chi connectivity index (χ1n) is 13.5. The van der Waals surface area contributed by atoms with Gasteiger partial charge in [-0.1, -0.05) is 66.5 Å². The summed E-state index contributed by atoms with van der Waals surface area (Å²) in [4.78, 5) is 41.7. The molecule has 0 unspecified atom stereocenters. The van der Waals surface area contributed by atoms with Crippen LogP contribution in [-0.4, -0.2) is 51.3 Å². The molecular weight excluding hydrogens is 593 g/mol. The van der Waals surface area contributed by atoms with Crippen LogP contribution in [0.15, 0.2) is 65.6 Å². The molecule has 0 saturated heterocycles. The number of rotatable bonds is 12. The number of aryl methyl sites for hydroxylation is 1. The Kier molecular flexibility index (Phi) is 10.7. The van der Waals surface area contributed by atoms with Crippen LogP contribution in [0.5, 0.6) is 5.88 Å². The minimum absolute atomic E-state index is 0.0705. The molecule has 0 aliphatic heterocycles. The molecule has 0 radical (unpaired) electrons. The first-order valence-corrected chi connectivity index (χ1v) is 14.3. The summed E-state index contributed by atoms with van der Waals surface area (Å²) in [6, 6.07) is 15.5. The van der Waals surface area contributed by atoms with Gasteiger partial charge in [0.2, 0.25) is 5.88 Å². The lowest BCUT2D eigenvalue weighted by Gasteiger charge is -2.15. The highest BCUT2D eigenvalue weighted by Crippen LogP contribution is 2.41. The van der Waals surface area contributed by atoms with Crippen LogP contribution in [0.3, 0.4) is 0 Å². The van der Waals surface area contributed by atoms with E-state index in [0.717, 1.165) is 10.2 Å². The van der Waals surface area contributed by atoms with Crippen LogP contribution in [0.1, 0.15) is 35.7 Å². The van der Waals surface area contributed by atoms with Gasteiger partial charge in [-0.15, -0.1) is 0 Å². The molecule has 0 saturated carbocycles. The number of pyridine rings is 1. The standard InChI is InChI=1S/C31H31Cl2N5O5/c1-4-7-25(39)26(40)17-34-16-18-12-13-23(37-30(18)43-3)21-10-5-8-19(27(21)32)20-9-6-11-24(28(20)33)36-29(41)22-14-15-35-38(2)31(22)42/h5-6,8-15,26,34,40H,4,7,16-17H2,1-3H3,(H,36,41)/t26-/m0/s1. The van der Waals surface area contributed by atoms with E-state index in [1.807, 2.05) is 25.1 Å². The number of hydrogen-bond donors (Lipinski definition) is 3. The number of halogens is 2. The van der Waals surface area contributed by atoms with E-state index in [2.05, 4.69) is 20.7 Å². The van der Waals surface area contributed by atoms with Gasteiger partial charge in [0.05, 0.1) is 28.5 Å². The summed E-state index contributed by atoms with van der Waals surface area (Å²) < 4.78 is 6.59. The molecule has 0 spiro atoms. The number of aliphatic hydroxyl groups excluding tert-OH is 1. The molecule has 0 aliphatic carbocycles. The Labute approximate surface area is 258 Å². The molecule has 4 rings (SSSR count). The smallest absolute Gasteiger partial charge is 0.279 e. The van der Waals surface area contributed by atoms with Crippen molar-refractivity contribution in [1.82, 2.24) is 20.1 Å². The number of methoxy groups -OCH3 is 1. The Hall–Kier alpha value is -4.09. The summed E-state index contributed by atoms with van der Waals surface area (Å²) in [5, 5.41) is 20.3. The Morgan fingerprint density at radius 2 is 1.72 bits per heavy atom. The van der Waals surface area contributed by atoms with Crippen LogP contribution in [0.2, 0.25) is 10.0 Å². The van der Waals surface area contributed by atoms with Crippen LogP contribution in [0, 0.1) is 0 Å². The van der Waals surface area contributed by atoms with Gasteiger partial charge in [0.15, 0.2) is 5.78 Å². The molecule has 10 nitrogen and oxygen atoms in total. The van der Waals surface area contributed by atoms with Crippen molar-refractivity contribution >= 4 is 40.6 Å². The molecule has 2 aromatic carbocycles. The van der Waals surface area contributed by atoms with E-state index >= 15 is 0 Å². The van der Waals surface area contributed by atoms with Gasteiger partial charge in [-0.05, 0) is 24.6 Å². The van der Waals surface area contributed by atoms with E-state index in [0.29, 0.717) is 58.4 Å². The van der Waals surface area contributed by atoms with Crippen molar-refractivity contribution in [3.63, 3.8) is 0 Å². The second kappa shape index (κ2) is 14.4. The van der Waals surface area contributed by atoms with E-state index in [9.17, 15) is 19.5 Å². The Balaban J connectivity index is 1.58. The number of Topliss-reactive ketones (excluding diaryl/α,β-unsaturated/α-hetero) is 1. The summed E-state index contributed by atoms with van der Waals surface area (Å²) >= 11 is 13.6. The predicted molar refractivity (Wildman–Crippen MR) is 167 cm³/mol. The van der Waals surface area contributed by atoms with Gasteiger partial charge >= 0.3 is 0 Å². The van der Waals surface area contributed by atoms with Crippen molar-refractivity contribution in [2.45, 2.75) is 32.4 Å². The minimum atomic E-state index is -1.07. The molecule has 12 heteroatoms. The fraction of sp³-hybridized carbons (Fsp3) is 0.258. The number of carbonyl (C=O) groups excluding carboxylic acids is 2. The second-order valence-corrected chi connectivity index (χ2v) is 10.4. The third-order valence-electron chi connectivity index (χ3n) is 6.72. The first kappa shape index (κ1) is 31.8. The largest absolute Gasteiger partial charge is 0.481 e. The van der Waals surface area contributed by atoms with E-state index in [1.54, 1.807) is 30.3 Å². The quantitative estimate of drug-likeness (QED) is 0.203. The molecule has 1 amide bonds. The number of aromatic nitrogens is 3. The van der Waals surface area contributed by atoms with Crippen molar-refractivity contribution < 1.29 is 19.4 Å². The molecule has 224 valence electrons. The lowest BCUT2D eigenvalue weighted by molar-refractivity contribution is -0.126. The molecule has 3 N–H and O–H groups in total. The number of aliphatic hydroxyl groups is 1. The van der Waals surface area contributed by atoms with Gasteiger partial charge in [-0.2, -0.15) is 5.10 Å². The maximum absolute atomic E-state index is 12.8. The molecule has 43 heavy (non-hydrogen) atoms. The summed E-state index contributed by atoms with van der Waals surface area (Å²) in [5.74, 6) is -0.446. The maximum atomic E-state index is 12.8. The lowest BCUT2D eigenvalue weighted by atomic mass is 10.00. The molecule has 1 atom stereocenters. The number of ether oxygens (including phenoxy) is 1. The average molecular weight is 625 g/mol. The third kappa shape index (κ3) is 7.29. The zero-order valence-corrected chi connectivity index (χ0v) is 25.4. The van der Waals surface area contributed by atoms with Crippen LogP contribution < -0.4 is 20.9 Å². The van der Waals surface area contributed by atoms with Crippen molar-refractivity contribution in [3.8, 4) is 28.3 Å². The van der Waals surface area contributed by atoms with Crippen molar-refractivity contribution in [1.29, 1.82) is 0 Å². The van der Waals surface area contributed by atoms with Crippen LogP contribution >= 0.6 is 23.2 Å². The first-order chi connectivity index (χ1) is 20.7. The van der Waals surface area contributed by atoms with Crippen LogP contribution in [-0.2, 0) is 18.4 Å².